The third-order valence-electron chi connectivity index (χ3n) is 6.88. The van der Waals surface area contributed by atoms with E-state index in [1.165, 1.54) is 6.92 Å². The topological polar surface area (TPSA) is 135 Å². The van der Waals surface area contributed by atoms with Crippen LogP contribution < -0.4 is 20.9 Å². The van der Waals surface area contributed by atoms with Crippen LogP contribution in [0.25, 0.3) is 22.4 Å². The minimum absolute atomic E-state index is 0.0861. The summed E-state index contributed by atoms with van der Waals surface area (Å²) in [6.45, 7) is 6.85. The second-order valence-corrected chi connectivity index (χ2v) is 10.00. The number of fused-ring (bicyclic) bond motifs is 1. The standard InChI is InChI=1S/C30H34N8O3/c1-20(39)19-33-23-8-10-24(11-9-23)37-14-16-38(17-15-37)30(41)26-18-25-28(32-13-12-31-21(2)40)35-27(36-29(25)34-26)22-6-4-3-5-7-22/h3-11,18,33H,12-17,19H2,1-2H3,(H,31,40)(H2,32,34,35,36). The highest BCUT2D eigenvalue weighted by atomic mass is 16.2. The Bertz CT molecular complexity index is 1530. The molecule has 0 bridgehead atoms. The van der Waals surface area contributed by atoms with Gasteiger partial charge in [0.2, 0.25) is 5.91 Å². The van der Waals surface area contributed by atoms with Crippen molar-refractivity contribution in [2.75, 3.05) is 61.3 Å². The SMILES string of the molecule is CC(=O)CNc1ccc(N2CCN(C(=O)c3cc4c(NCCNC(C)=O)nc(-c5ccccc5)nc4[nH]3)CC2)cc1. The summed E-state index contributed by atoms with van der Waals surface area (Å²) >= 11 is 0. The number of piperazine rings is 1. The molecule has 0 atom stereocenters. The summed E-state index contributed by atoms with van der Waals surface area (Å²) in [6, 6.07) is 19.4. The van der Waals surface area contributed by atoms with Gasteiger partial charge in [-0.25, -0.2) is 9.97 Å². The molecule has 1 saturated heterocycles. The molecule has 0 unspecified atom stereocenters. The summed E-state index contributed by atoms with van der Waals surface area (Å²) in [4.78, 5) is 52.8. The number of carbonyl (C=O) groups excluding carboxylic acids is 3. The van der Waals surface area contributed by atoms with Gasteiger partial charge < -0.3 is 30.7 Å². The molecule has 0 aliphatic carbocycles. The smallest absolute Gasteiger partial charge is 0.270 e. The number of nitrogens with one attached hydrogen (secondary N) is 4. The van der Waals surface area contributed by atoms with Gasteiger partial charge >= 0.3 is 0 Å². The molecule has 11 heteroatoms. The third kappa shape index (κ3) is 6.81. The monoisotopic (exact) mass is 554 g/mol. The van der Waals surface area contributed by atoms with E-state index in [9.17, 15) is 14.4 Å². The van der Waals surface area contributed by atoms with Gasteiger partial charge in [-0.3, -0.25) is 14.4 Å². The van der Waals surface area contributed by atoms with E-state index in [2.05, 4.69) is 25.8 Å². The molecule has 212 valence electrons. The van der Waals surface area contributed by atoms with Crippen LogP contribution in [-0.4, -0.2) is 83.3 Å². The van der Waals surface area contributed by atoms with Crippen LogP contribution in [0, 0.1) is 0 Å². The van der Waals surface area contributed by atoms with E-state index in [1.807, 2.05) is 59.5 Å². The molecule has 0 radical (unpaired) electrons. The van der Waals surface area contributed by atoms with Crippen molar-refractivity contribution >= 4 is 45.8 Å². The van der Waals surface area contributed by atoms with Crippen LogP contribution in [0.1, 0.15) is 24.3 Å². The maximum absolute atomic E-state index is 13.5. The zero-order valence-electron chi connectivity index (χ0n) is 23.2. The van der Waals surface area contributed by atoms with Crippen LogP contribution in [0.3, 0.4) is 0 Å². The molecule has 2 aromatic heterocycles. The molecule has 0 saturated carbocycles. The maximum Gasteiger partial charge on any atom is 0.270 e. The number of amides is 2. The Hall–Kier alpha value is -4.93. The number of hydrogen-bond donors (Lipinski definition) is 4. The van der Waals surface area contributed by atoms with Gasteiger partial charge in [-0.1, -0.05) is 30.3 Å². The normalized spacial score (nSPS) is 13.2. The Morgan fingerprint density at radius 3 is 2.29 bits per heavy atom. The Balaban J connectivity index is 1.29. The molecule has 5 rings (SSSR count). The minimum Gasteiger partial charge on any atom is -0.378 e. The number of nitrogens with zero attached hydrogens (tertiary/aromatic N) is 4. The zero-order chi connectivity index (χ0) is 28.8. The van der Waals surface area contributed by atoms with Crippen molar-refractivity contribution in [2.45, 2.75) is 13.8 Å². The third-order valence-corrected chi connectivity index (χ3v) is 6.88. The Kier molecular flexibility index (Phi) is 8.42. The van der Waals surface area contributed by atoms with E-state index in [1.54, 1.807) is 13.0 Å². The molecule has 11 nitrogen and oxygen atoms in total. The number of anilines is 3. The van der Waals surface area contributed by atoms with Gasteiger partial charge in [-0.15, -0.1) is 0 Å². The molecule has 4 N–H and O–H groups in total. The fourth-order valence-electron chi connectivity index (χ4n) is 4.75. The zero-order valence-corrected chi connectivity index (χ0v) is 23.2. The van der Waals surface area contributed by atoms with Gasteiger partial charge in [0, 0.05) is 63.1 Å². The van der Waals surface area contributed by atoms with Crippen molar-refractivity contribution in [2.24, 2.45) is 0 Å². The summed E-state index contributed by atoms with van der Waals surface area (Å²) in [5, 5.41) is 9.88. The molecule has 1 fully saturated rings. The fourth-order valence-corrected chi connectivity index (χ4v) is 4.75. The van der Waals surface area contributed by atoms with Gasteiger partial charge in [-0.2, -0.15) is 0 Å². The first-order valence-corrected chi connectivity index (χ1v) is 13.7. The molecule has 1 aliphatic heterocycles. The molecular formula is C30H34N8O3. The molecule has 4 aromatic rings. The molecular weight excluding hydrogens is 520 g/mol. The van der Waals surface area contributed by atoms with Crippen LogP contribution in [0.4, 0.5) is 17.2 Å². The lowest BCUT2D eigenvalue weighted by Crippen LogP contribution is -2.48. The van der Waals surface area contributed by atoms with E-state index < -0.39 is 0 Å². The van der Waals surface area contributed by atoms with Gasteiger partial charge in [0.1, 0.15) is 22.9 Å². The number of aromatic nitrogens is 3. The quantitative estimate of drug-likeness (QED) is 0.220. The number of carbonyl (C=O) groups is 3. The van der Waals surface area contributed by atoms with Gasteiger partial charge in [-0.05, 0) is 37.3 Å². The Morgan fingerprint density at radius 2 is 1.61 bits per heavy atom. The van der Waals surface area contributed by atoms with Crippen LogP contribution in [0.2, 0.25) is 0 Å². The number of benzene rings is 2. The van der Waals surface area contributed by atoms with Crippen LogP contribution in [0.5, 0.6) is 0 Å². The van der Waals surface area contributed by atoms with Crippen molar-refractivity contribution in [1.29, 1.82) is 0 Å². The number of hydrogen-bond acceptors (Lipinski definition) is 8. The van der Waals surface area contributed by atoms with E-state index in [0.717, 1.165) is 16.9 Å². The molecule has 3 heterocycles. The highest BCUT2D eigenvalue weighted by Gasteiger charge is 2.25. The van der Waals surface area contributed by atoms with E-state index in [-0.39, 0.29) is 17.6 Å². The Morgan fingerprint density at radius 1 is 0.878 bits per heavy atom. The highest BCUT2D eigenvalue weighted by molar-refractivity contribution is 6.00. The average molecular weight is 555 g/mol. The Labute approximate surface area is 238 Å². The first kappa shape index (κ1) is 27.6. The predicted molar refractivity (Wildman–Crippen MR) is 160 cm³/mol. The summed E-state index contributed by atoms with van der Waals surface area (Å²) < 4.78 is 0. The van der Waals surface area contributed by atoms with Gasteiger partial charge in [0.05, 0.1) is 11.9 Å². The lowest BCUT2D eigenvalue weighted by molar-refractivity contribution is -0.119. The predicted octanol–water partition coefficient (Wildman–Crippen LogP) is 3.14. The van der Waals surface area contributed by atoms with Crippen LogP contribution in [-0.2, 0) is 9.59 Å². The lowest BCUT2D eigenvalue weighted by atomic mass is 10.2. The molecule has 2 aromatic carbocycles. The number of ketones is 1. The van der Waals surface area contributed by atoms with Crippen molar-refractivity contribution in [3.63, 3.8) is 0 Å². The number of aromatic amines is 1. The largest absolute Gasteiger partial charge is 0.378 e. The second-order valence-electron chi connectivity index (χ2n) is 10.00. The molecule has 2 amide bonds. The van der Waals surface area contributed by atoms with E-state index in [0.29, 0.717) is 74.2 Å². The maximum atomic E-state index is 13.5. The summed E-state index contributed by atoms with van der Waals surface area (Å²) in [5.74, 6) is 1.04. The van der Waals surface area contributed by atoms with Gasteiger partial charge in [0.15, 0.2) is 5.82 Å². The molecule has 41 heavy (non-hydrogen) atoms. The first-order valence-electron chi connectivity index (χ1n) is 13.7. The van der Waals surface area contributed by atoms with Gasteiger partial charge in [0.25, 0.3) is 5.91 Å². The second kappa shape index (κ2) is 12.5. The van der Waals surface area contributed by atoms with Crippen molar-refractivity contribution in [3.8, 4) is 11.4 Å². The van der Waals surface area contributed by atoms with E-state index >= 15 is 0 Å². The first-order chi connectivity index (χ1) is 19.9. The average Bonchev–Trinajstić information content (AvgIpc) is 3.43. The number of rotatable bonds is 10. The van der Waals surface area contributed by atoms with Crippen molar-refractivity contribution in [3.05, 3.63) is 66.4 Å². The molecule has 1 aliphatic rings. The van der Waals surface area contributed by atoms with Crippen LogP contribution in [0.15, 0.2) is 60.7 Å². The number of H-pyrrole nitrogens is 1. The minimum atomic E-state index is -0.0991. The highest BCUT2D eigenvalue weighted by Crippen LogP contribution is 2.27. The lowest BCUT2D eigenvalue weighted by Gasteiger charge is -2.36. The van der Waals surface area contributed by atoms with Crippen molar-refractivity contribution in [1.82, 2.24) is 25.2 Å². The summed E-state index contributed by atoms with van der Waals surface area (Å²) in [5.41, 5.74) is 3.87. The number of Topliss-reactive ketones (excluding diaryl/α,β-unsaturated/α-hetero) is 1. The summed E-state index contributed by atoms with van der Waals surface area (Å²) in [6.07, 6.45) is 0. The molecule has 0 spiro atoms. The van der Waals surface area contributed by atoms with Crippen LogP contribution >= 0.6 is 0 Å². The fraction of sp³-hybridized carbons (Fsp3) is 0.300. The van der Waals surface area contributed by atoms with Crippen molar-refractivity contribution < 1.29 is 14.4 Å². The van der Waals surface area contributed by atoms with E-state index in [4.69, 9.17) is 9.97 Å². The summed E-state index contributed by atoms with van der Waals surface area (Å²) in [7, 11) is 0.